The lowest BCUT2D eigenvalue weighted by atomic mass is 10.1. The van der Waals surface area contributed by atoms with Crippen LogP contribution in [0.15, 0.2) is 41.8 Å². The molecule has 1 aromatic carbocycles. The Hall–Kier alpha value is -1.86. The van der Waals surface area contributed by atoms with Crippen molar-refractivity contribution in [1.82, 2.24) is 14.7 Å². The lowest BCUT2D eigenvalue weighted by Crippen LogP contribution is -2.27. The van der Waals surface area contributed by atoms with Crippen LogP contribution in [0.4, 0.5) is 0 Å². The molecule has 21 heavy (non-hydrogen) atoms. The summed E-state index contributed by atoms with van der Waals surface area (Å²) in [6, 6.07) is 6.96. The van der Waals surface area contributed by atoms with E-state index in [1.54, 1.807) is 6.92 Å². The van der Waals surface area contributed by atoms with E-state index in [1.807, 2.05) is 38.1 Å². The second-order valence-electron chi connectivity index (χ2n) is 4.96. The van der Waals surface area contributed by atoms with Gasteiger partial charge in [0.15, 0.2) is 5.03 Å². The normalized spacial score (nSPS) is 13.3. The Morgan fingerprint density at radius 1 is 1.24 bits per heavy atom. The van der Waals surface area contributed by atoms with Gasteiger partial charge in [0.05, 0.1) is 18.6 Å². The maximum Gasteiger partial charge on any atom is 0.258 e. The summed E-state index contributed by atoms with van der Waals surface area (Å²) in [4.78, 5) is 6.31. The van der Waals surface area contributed by atoms with E-state index in [4.69, 9.17) is 4.74 Å². The van der Waals surface area contributed by atoms with Crippen molar-refractivity contribution < 1.29 is 13.2 Å². The van der Waals surface area contributed by atoms with Crippen LogP contribution in [0.5, 0.6) is 5.75 Å². The van der Waals surface area contributed by atoms with Crippen LogP contribution < -0.4 is 9.46 Å². The van der Waals surface area contributed by atoms with Crippen molar-refractivity contribution in [2.75, 3.05) is 0 Å². The Kier molecular flexibility index (Phi) is 4.64. The minimum atomic E-state index is -3.63. The van der Waals surface area contributed by atoms with E-state index in [2.05, 4.69) is 14.7 Å². The molecule has 1 atom stereocenters. The molecule has 114 valence electrons. The van der Waals surface area contributed by atoms with Crippen molar-refractivity contribution in [2.24, 2.45) is 0 Å². The largest absolute Gasteiger partial charge is 0.491 e. The van der Waals surface area contributed by atoms with Crippen LogP contribution in [0.2, 0.25) is 0 Å². The highest BCUT2D eigenvalue weighted by molar-refractivity contribution is 7.89. The number of imidazole rings is 1. The minimum absolute atomic E-state index is 0.0163. The van der Waals surface area contributed by atoms with E-state index < -0.39 is 16.1 Å². The predicted molar refractivity (Wildman–Crippen MR) is 79.5 cm³/mol. The molecule has 7 heteroatoms. The number of nitrogens with zero attached hydrogens (tertiary/aromatic N) is 1. The summed E-state index contributed by atoms with van der Waals surface area (Å²) in [5, 5.41) is 0.0385. The van der Waals surface area contributed by atoms with Gasteiger partial charge in [-0.15, -0.1) is 0 Å². The van der Waals surface area contributed by atoms with Crippen LogP contribution in [0, 0.1) is 0 Å². The molecular weight excluding hydrogens is 290 g/mol. The summed E-state index contributed by atoms with van der Waals surface area (Å²) in [5.41, 5.74) is 0.786. The Morgan fingerprint density at radius 3 is 2.57 bits per heavy atom. The zero-order valence-corrected chi connectivity index (χ0v) is 13.0. The first-order chi connectivity index (χ1) is 9.90. The highest BCUT2D eigenvalue weighted by atomic mass is 32.2. The third-order valence-corrected chi connectivity index (χ3v) is 4.31. The lowest BCUT2D eigenvalue weighted by molar-refractivity contribution is 0.238. The summed E-state index contributed by atoms with van der Waals surface area (Å²) in [7, 11) is -3.63. The first-order valence-corrected chi connectivity index (χ1v) is 8.15. The number of benzene rings is 1. The Balaban J connectivity index is 2.23. The minimum Gasteiger partial charge on any atom is -0.491 e. The number of aromatic amines is 1. The van der Waals surface area contributed by atoms with Crippen molar-refractivity contribution in [3.63, 3.8) is 0 Å². The van der Waals surface area contributed by atoms with Gasteiger partial charge in [-0.05, 0) is 26.8 Å². The average molecular weight is 309 g/mol. The standard InChI is InChI=1S/C14H19N3O3S/c1-10(2)20-13-7-5-4-6-12(13)11(3)17-21(18,19)14-8-15-9-16-14/h4-11,17H,1-3H3,(H,15,16). The second-order valence-corrected chi connectivity index (χ2v) is 6.65. The molecule has 2 N–H and O–H groups in total. The number of ether oxygens (including phenoxy) is 1. The number of sulfonamides is 1. The first-order valence-electron chi connectivity index (χ1n) is 6.66. The van der Waals surface area contributed by atoms with Gasteiger partial charge in [-0.25, -0.2) is 18.1 Å². The third-order valence-electron chi connectivity index (χ3n) is 2.84. The number of H-pyrrole nitrogens is 1. The van der Waals surface area contributed by atoms with Gasteiger partial charge in [-0.3, -0.25) is 0 Å². The van der Waals surface area contributed by atoms with E-state index in [0.717, 1.165) is 5.56 Å². The summed E-state index contributed by atoms with van der Waals surface area (Å²) in [5.74, 6) is 0.673. The maximum atomic E-state index is 12.2. The van der Waals surface area contributed by atoms with Crippen LogP contribution in [0.1, 0.15) is 32.4 Å². The third kappa shape index (κ3) is 3.83. The number of hydrogen-bond acceptors (Lipinski definition) is 4. The molecule has 0 fully saturated rings. The molecular formula is C14H19N3O3S. The molecule has 0 saturated heterocycles. The Labute approximate surface area is 124 Å². The van der Waals surface area contributed by atoms with E-state index in [9.17, 15) is 8.42 Å². The SMILES string of the molecule is CC(C)Oc1ccccc1C(C)NS(=O)(=O)c1cnc[nH]1. The van der Waals surface area contributed by atoms with Crippen LogP contribution in [0.25, 0.3) is 0 Å². The molecule has 1 heterocycles. The summed E-state index contributed by atoms with van der Waals surface area (Å²) in [6.45, 7) is 5.63. The van der Waals surface area contributed by atoms with Crippen molar-refractivity contribution in [1.29, 1.82) is 0 Å². The highest BCUT2D eigenvalue weighted by Crippen LogP contribution is 2.26. The molecule has 1 aromatic heterocycles. The van der Waals surface area contributed by atoms with E-state index >= 15 is 0 Å². The van der Waals surface area contributed by atoms with Gasteiger partial charge >= 0.3 is 0 Å². The van der Waals surface area contributed by atoms with Crippen molar-refractivity contribution >= 4 is 10.0 Å². The average Bonchev–Trinajstić information content (AvgIpc) is 2.92. The molecule has 2 aromatic rings. The van der Waals surface area contributed by atoms with Gasteiger partial charge in [0, 0.05) is 11.6 Å². The molecule has 0 saturated carbocycles. The number of rotatable bonds is 6. The zero-order valence-electron chi connectivity index (χ0n) is 12.2. The monoisotopic (exact) mass is 309 g/mol. The second kappa shape index (κ2) is 6.28. The van der Waals surface area contributed by atoms with Crippen LogP contribution in [-0.4, -0.2) is 24.5 Å². The quantitative estimate of drug-likeness (QED) is 0.857. The Morgan fingerprint density at radius 2 is 1.95 bits per heavy atom. The molecule has 6 nitrogen and oxygen atoms in total. The molecule has 0 aliphatic carbocycles. The van der Waals surface area contributed by atoms with E-state index in [0.29, 0.717) is 5.75 Å². The molecule has 0 bridgehead atoms. The number of aromatic nitrogens is 2. The van der Waals surface area contributed by atoms with Gasteiger partial charge in [0.2, 0.25) is 0 Å². The van der Waals surface area contributed by atoms with Crippen molar-refractivity contribution in [2.45, 2.75) is 37.9 Å². The van der Waals surface area contributed by atoms with Gasteiger partial charge < -0.3 is 9.72 Å². The van der Waals surface area contributed by atoms with Crippen LogP contribution >= 0.6 is 0 Å². The smallest absolute Gasteiger partial charge is 0.258 e. The fourth-order valence-corrected chi connectivity index (χ4v) is 3.08. The summed E-state index contributed by atoms with van der Waals surface area (Å²) >= 11 is 0. The highest BCUT2D eigenvalue weighted by Gasteiger charge is 2.21. The van der Waals surface area contributed by atoms with Gasteiger partial charge in [0.1, 0.15) is 5.75 Å². The Bertz CT molecular complexity index is 681. The summed E-state index contributed by atoms with van der Waals surface area (Å²) in [6.07, 6.45) is 2.61. The predicted octanol–water partition coefficient (Wildman–Crippen LogP) is 2.24. The van der Waals surface area contributed by atoms with Crippen LogP contribution in [-0.2, 0) is 10.0 Å². The lowest BCUT2D eigenvalue weighted by Gasteiger charge is -2.19. The molecule has 0 radical (unpaired) electrons. The van der Waals surface area contributed by atoms with E-state index in [-0.39, 0.29) is 11.1 Å². The summed E-state index contributed by atoms with van der Waals surface area (Å²) < 4.78 is 32.7. The van der Waals surface area contributed by atoms with Crippen LogP contribution in [0.3, 0.4) is 0 Å². The molecule has 0 amide bonds. The maximum absolute atomic E-state index is 12.2. The number of para-hydroxylation sites is 1. The van der Waals surface area contributed by atoms with Gasteiger partial charge in [-0.2, -0.15) is 0 Å². The number of hydrogen-bond donors (Lipinski definition) is 2. The molecule has 0 aliphatic rings. The zero-order chi connectivity index (χ0) is 15.5. The molecule has 2 rings (SSSR count). The van der Waals surface area contributed by atoms with Crippen molar-refractivity contribution in [3.8, 4) is 5.75 Å². The molecule has 0 spiro atoms. The van der Waals surface area contributed by atoms with Gasteiger partial charge in [-0.1, -0.05) is 18.2 Å². The fourth-order valence-electron chi connectivity index (χ4n) is 1.95. The fraction of sp³-hybridized carbons (Fsp3) is 0.357. The first kappa shape index (κ1) is 15.5. The van der Waals surface area contributed by atoms with E-state index in [1.165, 1.54) is 12.5 Å². The molecule has 1 unspecified atom stereocenters. The molecule has 0 aliphatic heterocycles. The topological polar surface area (TPSA) is 84.1 Å². The number of nitrogens with one attached hydrogen (secondary N) is 2. The van der Waals surface area contributed by atoms with Gasteiger partial charge in [0.25, 0.3) is 10.0 Å². The van der Waals surface area contributed by atoms with Crippen molar-refractivity contribution in [3.05, 3.63) is 42.4 Å².